The first kappa shape index (κ1) is 39.3. The molecule has 0 aromatic heterocycles. The Kier molecular flexibility index (Phi) is 10.5. The summed E-state index contributed by atoms with van der Waals surface area (Å²) in [7, 11) is -18.1. The molecule has 6 aromatic rings. The number of nitrogens with two attached hydrogens (primary N) is 5. The van der Waals surface area contributed by atoms with Crippen molar-refractivity contribution >= 4 is 101 Å². The predicted octanol–water partition coefficient (Wildman–Crippen LogP) is 3.12. The van der Waals surface area contributed by atoms with Crippen molar-refractivity contribution in [3.8, 4) is 5.75 Å². The molecule has 0 aliphatic heterocycles. The third-order valence-corrected chi connectivity index (χ3v) is 10.9. The van der Waals surface area contributed by atoms with Crippen molar-refractivity contribution in [2.45, 2.75) is 19.6 Å². The van der Waals surface area contributed by atoms with Gasteiger partial charge in [-0.15, -0.1) is 0 Å². The van der Waals surface area contributed by atoms with E-state index < -0.39 is 67.1 Å². The number of anilines is 5. The normalized spacial score (nSPS) is 12.2. The van der Waals surface area contributed by atoms with Gasteiger partial charge >= 0.3 is 0 Å². The van der Waals surface area contributed by atoms with Crippen LogP contribution in [0.3, 0.4) is 0 Å². The molecule has 52 heavy (non-hydrogen) atoms. The number of rotatable bonds is 4. The van der Waals surface area contributed by atoms with E-state index in [1.54, 1.807) is 36.4 Å². The van der Waals surface area contributed by atoms with Gasteiger partial charge in [-0.3, -0.25) is 18.2 Å². The van der Waals surface area contributed by atoms with Gasteiger partial charge in [-0.25, -0.2) is 0 Å². The third kappa shape index (κ3) is 8.35. The molecule has 0 fully saturated rings. The summed E-state index contributed by atoms with van der Waals surface area (Å²) in [6.07, 6.45) is 0. The molecule has 0 atom stereocenters. The van der Waals surface area contributed by atoms with Crippen LogP contribution in [0.25, 0.3) is 32.3 Å². The molecular formula is C30H29N5O13S4. The number of hydrogen-bond acceptors (Lipinski definition) is 14. The highest BCUT2D eigenvalue weighted by atomic mass is 32.2. The van der Waals surface area contributed by atoms with Crippen LogP contribution in [-0.4, -0.2) is 57.0 Å². The van der Waals surface area contributed by atoms with Crippen molar-refractivity contribution in [2.24, 2.45) is 0 Å². The number of phenolic OH excluding ortho intramolecular Hbond substituents is 1. The lowest BCUT2D eigenvalue weighted by molar-refractivity contribution is 0.478. The Hall–Kier alpha value is -5.46. The third-order valence-electron chi connectivity index (χ3n) is 7.36. The monoisotopic (exact) mass is 795 g/mol. The van der Waals surface area contributed by atoms with Crippen molar-refractivity contribution in [3.05, 3.63) is 84.9 Å². The van der Waals surface area contributed by atoms with Gasteiger partial charge in [-0.05, 0) is 60.0 Å². The number of hydrogen-bond donors (Lipinski definition) is 10. The van der Waals surface area contributed by atoms with Gasteiger partial charge in [0.05, 0.1) is 26.6 Å². The largest absolute Gasteiger partial charge is 0.505 e. The van der Waals surface area contributed by atoms with Crippen LogP contribution in [-0.2, 0) is 40.5 Å². The van der Waals surface area contributed by atoms with Crippen LogP contribution >= 0.6 is 0 Å². The summed E-state index contributed by atoms with van der Waals surface area (Å²) in [5, 5.41) is 11.8. The molecule has 0 aliphatic carbocycles. The molecule has 0 heterocycles. The maximum absolute atomic E-state index is 11.4. The van der Waals surface area contributed by atoms with Gasteiger partial charge in [0.2, 0.25) is 0 Å². The zero-order chi connectivity index (χ0) is 39.1. The number of benzene rings is 6. The molecule has 0 spiro atoms. The Labute approximate surface area is 296 Å². The highest BCUT2D eigenvalue weighted by Gasteiger charge is 2.26. The summed E-state index contributed by atoms with van der Waals surface area (Å²) in [6, 6.07) is 19.6. The molecule has 276 valence electrons. The van der Waals surface area contributed by atoms with Crippen LogP contribution in [0.15, 0.2) is 105 Å². The summed E-state index contributed by atoms with van der Waals surface area (Å²) in [5.41, 5.74) is 28.8. The number of phenols is 1. The highest BCUT2D eigenvalue weighted by Crippen LogP contribution is 2.41. The fraction of sp³-hybridized carbons (Fsp3) is 0. The Morgan fingerprint density at radius 3 is 1.42 bits per heavy atom. The average molecular weight is 796 g/mol. The van der Waals surface area contributed by atoms with E-state index in [9.17, 15) is 43.3 Å². The summed E-state index contributed by atoms with van der Waals surface area (Å²) in [4.78, 5) is -2.13. The van der Waals surface area contributed by atoms with Crippen molar-refractivity contribution in [1.29, 1.82) is 0 Å². The molecule has 0 aliphatic rings. The minimum atomic E-state index is -4.89. The van der Waals surface area contributed by atoms with E-state index in [1.807, 2.05) is 0 Å². The Morgan fingerprint density at radius 1 is 0.423 bits per heavy atom. The average Bonchev–Trinajstić information content (AvgIpc) is 3.03. The molecule has 0 bridgehead atoms. The Morgan fingerprint density at radius 2 is 0.885 bits per heavy atom. The lowest BCUT2D eigenvalue weighted by Gasteiger charge is -2.13. The van der Waals surface area contributed by atoms with Gasteiger partial charge in [0.25, 0.3) is 40.5 Å². The zero-order valence-corrected chi connectivity index (χ0v) is 29.4. The number of nitrogen functional groups attached to an aromatic ring is 5. The van der Waals surface area contributed by atoms with Crippen LogP contribution in [0.2, 0.25) is 0 Å². The SMILES string of the molecule is Nc1ccc(N)c2cc(S(=O)(=O)O)ccc12.Nc1ccc2c(S(=O)(=O)O)cc(S(=O)(=O)O)c(N)c2c1O.Nc1cccc2cc(S(=O)(=O)O)ccc12. The minimum Gasteiger partial charge on any atom is -0.505 e. The van der Waals surface area contributed by atoms with Crippen LogP contribution in [0.4, 0.5) is 28.4 Å². The standard InChI is InChI=1S/C10H10N2O7S2.C10H10N2O3S.C10H9NO3S/c11-5-2-1-4-6(20(14,15)16)3-7(21(17,18)19)9(12)8(4)10(5)13;11-9-3-4-10(12)8-5-6(16(13,14)15)1-2-7(8)9;11-10-3-1-2-7-6-8(15(12,13)14)4-5-9(7)10/h1-3,13H,11-12H2,(H,14,15,16)(H,17,18,19);1-5H,11-12H2,(H,13,14,15);1-6H,11H2,(H,12,13,14). The van der Waals surface area contributed by atoms with Crippen LogP contribution < -0.4 is 28.7 Å². The van der Waals surface area contributed by atoms with E-state index in [4.69, 9.17) is 42.3 Å². The number of fused-ring (bicyclic) bond motifs is 3. The fourth-order valence-corrected chi connectivity index (χ4v) is 7.35. The summed E-state index contributed by atoms with van der Waals surface area (Å²) >= 11 is 0. The lowest BCUT2D eigenvalue weighted by atomic mass is 10.1. The lowest BCUT2D eigenvalue weighted by Crippen LogP contribution is -2.08. The molecule has 18 nitrogen and oxygen atoms in total. The first-order valence-corrected chi connectivity index (χ1v) is 19.7. The predicted molar refractivity (Wildman–Crippen MR) is 195 cm³/mol. The first-order valence-electron chi connectivity index (χ1n) is 13.9. The second kappa shape index (κ2) is 13.9. The van der Waals surface area contributed by atoms with Crippen LogP contribution in [0.1, 0.15) is 0 Å². The molecule has 6 rings (SSSR count). The highest BCUT2D eigenvalue weighted by molar-refractivity contribution is 7.87. The van der Waals surface area contributed by atoms with Crippen molar-refractivity contribution < 1.29 is 57.0 Å². The first-order chi connectivity index (χ1) is 23.8. The van der Waals surface area contributed by atoms with E-state index in [-0.39, 0.29) is 20.9 Å². The fourth-order valence-electron chi connectivity index (χ4n) is 4.89. The quantitative estimate of drug-likeness (QED) is 0.0695. The molecule has 0 radical (unpaired) electrons. The molecule has 0 saturated carbocycles. The maximum atomic E-state index is 11.4. The summed E-state index contributed by atoms with van der Waals surface area (Å²) in [5.74, 6) is -0.666. The topological polar surface area (TPSA) is 368 Å². The van der Waals surface area contributed by atoms with Gasteiger partial charge in [-0.2, -0.15) is 33.7 Å². The van der Waals surface area contributed by atoms with Crippen molar-refractivity contribution in [1.82, 2.24) is 0 Å². The molecule has 15 N–H and O–H groups in total. The maximum Gasteiger partial charge on any atom is 0.296 e. The molecule has 0 amide bonds. The molecular weight excluding hydrogens is 767 g/mol. The van der Waals surface area contributed by atoms with Gasteiger partial charge in [0, 0.05) is 38.6 Å². The van der Waals surface area contributed by atoms with E-state index in [0.717, 1.165) is 17.5 Å². The molecule has 22 heteroatoms. The van der Waals surface area contributed by atoms with Gasteiger partial charge in [-0.1, -0.05) is 30.3 Å². The van der Waals surface area contributed by atoms with Gasteiger partial charge in [0.1, 0.15) is 15.5 Å². The Bertz CT molecular complexity index is 2870. The van der Waals surface area contributed by atoms with E-state index >= 15 is 0 Å². The molecule has 0 unspecified atom stereocenters. The second-order valence-corrected chi connectivity index (χ2v) is 16.4. The van der Waals surface area contributed by atoms with E-state index in [0.29, 0.717) is 39.3 Å². The van der Waals surface area contributed by atoms with Crippen molar-refractivity contribution in [2.75, 3.05) is 28.7 Å². The zero-order valence-electron chi connectivity index (χ0n) is 26.1. The number of aromatic hydroxyl groups is 1. The van der Waals surface area contributed by atoms with Gasteiger partial charge in [0.15, 0.2) is 0 Å². The minimum absolute atomic E-state index is 0.124. The van der Waals surface area contributed by atoms with Crippen molar-refractivity contribution in [3.63, 3.8) is 0 Å². The smallest absolute Gasteiger partial charge is 0.296 e. The molecule has 0 saturated heterocycles. The summed E-state index contributed by atoms with van der Waals surface area (Å²) in [6.45, 7) is 0. The van der Waals surface area contributed by atoms with E-state index in [2.05, 4.69) is 0 Å². The summed E-state index contributed by atoms with van der Waals surface area (Å²) < 4.78 is 125. The van der Waals surface area contributed by atoms with Crippen LogP contribution in [0, 0.1) is 0 Å². The molecule has 6 aromatic carbocycles. The van der Waals surface area contributed by atoms with Crippen LogP contribution in [0.5, 0.6) is 5.75 Å². The Balaban J connectivity index is 0.000000178. The van der Waals surface area contributed by atoms with Gasteiger partial charge < -0.3 is 33.8 Å². The van der Waals surface area contributed by atoms with E-state index in [1.165, 1.54) is 30.3 Å². The second-order valence-electron chi connectivity index (χ2n) is 10.8.